The number of hydrogen-bond donors (Lipinski definition) is 1. The van der Waals surface area contributed by atoms with Gasteiger partial charge >= 0.3 is 0 Å². The summed E-state index contributed by atoms with van der Waals surface area (Å²) in [5.41, 5.74) is 2.60. The molecule has 0 spiro atoms. The van der Waals surface area contributed by atoms with Crippen molar-refractivity contribution in [3.05, 3.63) is 29.8 Å². The zero-order chi connectivity index (χ0) is 13.0. The molecule has 1 fully saturated rings. The molecular formula is C15H24N2O. The van der Waals surface area contributed by atoms with Crippen molar-refractivity contribution in [2.45, 2.75) is 32.9 Å². The van der Waals surface area contributed by atoms with Gasteiger partial charge in [-0.3, -0.25) is 0 Å². The Kier molecular flexibility index (Phi) is 4.61. The molecule has 1 aromatic rings. The smallest absolute Gasteiger partial charge is 0.0900 e. The largest absolute Gasteiger partial charge is 0.373 e. The van der Waals surface area contributed by atoms with Crippen LogP contribution >= 0.6 is 0 Å². The number of nitrogens with zero attached hydrogens (tertiary/aromatic N) is 1. The topological polar surface area (TPSA) is 24.5 Å². The lowest BCUT2D eigenvalue weighted by molar-refractivity contribution is 0.0146. The molecular weight excluding hydrogens is 224 g/mol. The summed E-state index contributed by atoms with van der Waals surface area (Å²) in [7, 11) is 0. The van der Waals surface area contributed by atoms with Crippen LogP contribution in [-0.4, -0.2) is 38.4 Å². The molecule has 1 aromatic carbocycles. The van der Waals surface area contributed by atoms with Crippen molar-refractivity contribution >= 4 is 5.69 Å². The Morgan fingerprint density at radius 1 is 1.50 bits per heavy atom. The summed E-state index contributed by atoms with van der Waals surface area (Å²) in [4.78, 5) is 2.42. The molecule has 0 saturated carbocycles. The molecule has 2 rings (SSSR count). The summed E-state index contributed by atoms with van der Waals surface area (Å²) < 4.78 is 5.87. The summed E-state index contributed by atoms with van der Waals surface area (Å²) in [6, 6.07) is 9.09. The standard InChI is InChI=1S/C15H24N2O/c1-4-17(14-7-5-6-12(2)10-14)13(3)15-11-16-8-9-18-15/h5-7,10,13,15-16H,4,8-9,11H2,1-3H3. The van der Waals surface area contributed by atoms with Gasteiger partial charge in [0.15, 0.2) is 0 Å². The maximum atomic E-state index is 5.87. The van der Waals surface area contributed by atoms with Crippen LogP contribution in [0.25, 0.3) is 0 Å². The Labute approximate surface area is 110 Å². The lowest BCUT2D eigenvalue weighted by Crippen LogP contribution is -2.51. The van der Waals surface area contributed by atoms with Crippen LogP contribution in [0.15, 0.2) is 24.3 Å². The molecule has 1 N–H and O–H groups in total. The van der Waals surface area contributed by atoms with Gasteiger partial charge in [0.1, 0.15) is 0 Å². The second-order valence-corrected chi connectivity index (χ2v) is 4.98. The van der Waals surface area contributed by atoms with Crippen LogP contribution in [0, 0.1) is 6.92 Å². The molecule has 2 atom stereocenters. The number of ether oxygens (including phenoxy) is 1. The zero-order valence-corrected chi connectivity index (χ0v) is 11.6. The molecule has 3 heteroatoms. The van der Waals surface area contributed by atoms with E-state index in [1.54, 1.807) is 0 Å². The van der Waals surface area contributed by atoms with Crippen LogP contribution in [0.4, 0.5) is 5.69 Å². The second-order valence-electron chi connectivity index (χ2n) is 4.98. The molecule has 1 saturated heterocycles. The van der Waals surface area contributed by atoms with Gasteiger partial charge in [0, 0.05) is 25.3 Å². The van der Waals surface area contributed by atoms with Gasteiger partial charge in [0.2, 0.25) is 0 Å². The highest BCUT2D eigenvalue weighted by Crippen LogP contribution is 2.21. The van der Waals surface area contributed by atoms with E-state index in [1.807, 2.05) is 0 Å². The monoisotopic (exact) mass is 248 g/mol. The third kappa shape index (κ3) is 3.03. The first-order valence-corrected chi connectivity index (χ1v) is 6.88. The molecule has 100 valence electrons. The fourth-order valence-corrected chi connectivity index (χ4v) is 2.61. The third-order valence-corrected chi connectivity index (χ3v) is 3.66. The first-order chi connectivity index (χ1) is 8.72. The summed E-state index contributed by atoms with van der Waals surface area (Å²) in [6.45, 7) is 10.3. The highest BCUT2D eigenvalue weighted by molar-refractivity contribution is 5.49. The fourth-order valence-electron chi connectivity index (χ4n) is 2.61. The minimum atomic E-state index is 0.277. The molecule has 0 aromatic heterocycles. The molecule has 0 aliphatic carbocycles. The van der Waals surface area contributed by atoms with Gasteiger partial charge in [-0.15, -0.1) is 0 Å². The first kappa shape index (κ1) is 13.4. The van der Waals surface area contributed by atoms with E-state index in [1.165, 1.54) is 11.3 Å². The maximum absolute atomic E-state index is 5.87. The van der Waals surface area contributed by atoms with Crippen LogP contribution in [0.2, 0.25) is 0 Å². The van der Waals surface area contributed by atoms with E-state index in [2.05, 4.69) is 55.3 Å². The Balaban J connectivity index is 2.11. The van der Waals surface area contributed by atoms with Crippen molar-refractivity contribution in [1.29, 1.82) is 0 Å². The Morgan fingerprint density at radius 2 is 2.33 bits per heavy atom. The summed E-state index contributed by atoms with van der Waals surface area (Å²) in [5.74, 6) is 0. The minimum Gasteiger partial charge on any atom is -0.373 e. The number of anilines is 1. The normalized spacial score (nSPS) is 21.6. The van der Waals surface area contributed by atoms with Crippen LogP contribution < -0.4 is 10.2 Å². The van der Waals surface area contributed by atoms with Gasteiger partial charge in [-0.1, -0.05) is 12.1 Å². The van der Waals surface area contributed by atoms with E-state index < -0.39 is 0 Å². The highest BCUT2D eigenvalue weighted by atomic mass is 16.5. The van der Waals surface area contributed by atoms with Crippen LogP contribution in [-0.2, 0) is 4.74 Å². The number of likely N-dealkylation sites (N-methyl/N-ethyl adjacent to an activating group) is 1. The van der Waals surface area contributed by atoms with Gasteiger partial charge in [0.25, 0.3) is 0 Å². The predicted molar refractivity (Wildman–Crippen MR) is 76.3 cm³/mol. The van der Waals surface area contributed by atoms with Crippen molar-refractivity contribution < 1.29 is 4.74 Å². The van der Waals surface area contributed by atoms with Gasteiger partial charge in [-0.05, 0) is 38.5 Å². The van der Waals surface area contributed by atoms with E-state index in [0.29, 0.717) is 6.04 Å². The number of hydrogen-bond acceptors (Lipinski definition) is 3. The highest BCUT2D eigenvalue weighted by Gasteiger charge is 2.25. The van der Waals surface area contributed by atoms with E-state index in [0.717, 1.165) is 26.2 Å². The number of benzene rings is 1. The molecule has 0 radical (unpaired) electrons. The molecule has 1 aliphatic heterocycles. The average molecular weight is 248 g/mol. The van der Waals surface area contributed by atoms with Gasteiger partial charge in [0.05, 0.1) is 18.8 Å². The Morgan fingerprint density at radius 3 is 2.94 bits per heavy atom. The van der Waals surface area contributed by atoms with Gasteiger partial charge in [-0.2, -0.15) is 0 Å². The number of nitrogens with one attached hydrogen (secondary N) is 1. The van der Waals surface area contributed by atoms with Gasteiger partial charge < -0.3 is 15.0 Å². The van der Waals surface area contributed by atoms with Crippen molar-refractivity contribution in [2.75, 3.05) is 31.1 Å². The van der Waals surface area contributed by atoms with E-state index in [9.17, 15) is 0 Å². The van der Waals surface area contributed by atoms with Crippen LogP contribution in [0.5, 0.6) is 0 Å². The van der Waals surface area contributed by atoms with Crippen molar-refractivity contribution in [2.24, 2.45) is 0 Å². The number of aryl methyl sites for hydroxylation is 1. The number of rotatable bonds is 4. The fraction of sp³-hybridized carbons (Fsp3) is 0.600. The van der Waals surface area contributed by atoms with Crippen molar-refractivity contribution in [3.63, 3.8) is 0 Å². The average Bonchev–Trinajstić information content (AvgIpc) is 2.40. The Bertz CT molecular complexity index is 375. The summed E-state index contributed by atoms with van der Waals surface area (Å²) in [6.07, 6.45) is 0.277. The molecule has 2 unspecified atom stereocenters. The summed E-state index contributed by atoms with van der Waals surface area (Å²) >= 11 is 0. The maximum Gasteiger partial charge on any atom is 0.0900 e. The predicted octanol–water partition coefficient (Wildman–Crippen LogP) is 2.20. The molecule has 1 heterocycles. The molecule has 0 amide bonds. The van der Waals surface area contributed by atoms with Crippen LogP contribution in [0.1, 0.15) is 19.4 Å². The van der Waals surface area contributed by atoms with Crippen molar-refractivity contribution in [1.82, 2.24) is 5.32 Å². The first-order valence-electron chi connectivity index (χ1n) is 6.88. The lowest BCUT2D eigenvalue weighted by atomic mass is 10.1. The van der Waals surface area contributed by atoms with Crippen LogP contribution in [0.3, 0.4) is 0 Å². The minimum absolute atomic E-state index is 0.277. The molecule has 18 heavy (non-hydrogen) atoms. The number of morpholine rings is 1. The molecule has 1 aliphatic rings. The second kappa shape index (κ2) is 6.21. The zero-order valence-electron chi connectivity index (χ0n) is 11.6. The molecule has 0 bridgehead atoms. The lowest BCUT2D eigenvalue weighted by Gasteiger charge is -2.37. The van der Waals surface area contributed by atoms with E-state index >= 15 is 0 Å². The van der Waals surface area contributed by atoms with Gasteiger partial charge in [-0.25, -0.2) is 0 Å². The molecule has 3 nitrogen and oxygen atoms in total. The quantitative estimate of drug-likeness (QED) is 0.884. The van der Waals surface area contributed by atoms with E-state index in [4.69, 9.17) is 4.74 Å². The third-order valence-electron chi connectivity index (χ3n) is 3.66. The SMILES string of the molecule is CCN(c1cccc(C)c1)C(C)C1CNCCO1. The van der Waals surface area contributed by atoms with Crippen molar-refractivity contribution in [3.8, 4) is 0 Å². The Hall–Kier alpha value is -1.06. The van der Waals surface area contributed by atoms with E-state index in [-0.39, 0.29) is 6.10 Å². The summed E-state index contributed by atoms with van der Waals surface area (Å²) in [5, 5.41) is 3.41.